The Balaban J connectivity index is 2.47. The zero-order chi connectivity index (χ0) is 17.1. The summed E-state index contributed by atoms with van der Waals surface area (Å²) in [4.78, 5) is 12.2. The highest BCUT2D eigenvalue weighted by Crippen LogP contribution is 2.35. The molecular formula is C16H15F2NO3S. The van der Waals surface area contributed by atoms with Gasteiger partial charge in [-0.3, -0.25) is 4.79 Å². The zero-order valence-corrected chi connectivity index (χ0v) is 13.1. The number of nitrogens with one attached hydrogen (secondary N) is 1. The Morgan fingerprint density at radius 3 is 1.96 bits per heavy atom. The van der Waals surface area contributed by atoms with E-state index in [-0.39, 0.29) is 11.1 Å². The van der Waals surface area contributed by atoms with Gasteiger partial charge in [0.05, 0.1) is 6.26 Å². The monoisotopic (exact) mass is 339 g/mol. The fraction of sp³-hybridized carbons (Fsp3) is 0.188. The van der Waals surface area contributed by atoms with Crippen LogP contribution in [0.15, 0.2) is 60.7 Å². The number of rotatable bonds is 6. The van der Waals surface area contributed by atoms with Crippen molar-refractivity contribution in [3.63, 3.8) is 0 Å². The average Bonchev–Trinajstić information content (AvgIpc) is 2.52. The molecule has 0 amide bonds. The van der Waals surface area contributed by atoms with Crippen LogP contribution in [0.25, 0.3) is 0 Å². The number of alkyl halides is 2. The lowest BCUT2D eigenvalue weighted by molar-refractivity contribution is -0.0110. The lowest BCUT2D eigenvalue weighted by Gasteiger charge is -2.26. The van der Waals surface area contributed by atoms with Gasteiger partial charge in [-0.1, -0.05) is 60.7 Å². The molecule has 7 heteroatoms. The second kappa shape index (κ2) is 6.55. The Labute approximate surface area is 133 Å². The first-order chi connectivity index (χ1) is 10.7. The van der Waals surface area contributed by atoms with Crippen molar-refractivity contribution in [3.8, 4) is 0 Å². The predicted molar refractivity (Wildman–Crippen MR) is 82.9 cm³/mol. The van der Waals surface area contributed by atoms with Crippen LogP contribution in [0.1, 0.15) is 22.0 Å². The number of carbonyl (C=O) groups excluding carboxylic acids is 1. The molecule has 0 aromatic heterocycles. The van der Waals surface area contributed by atoms with E-state index in [0.29, 0.717) is 0 Å². The van der Waals surface area contributed by atoms with Crippen molar-refractivity contribution in [2.24, 2.45) is 0 Å². The van der Waals surface area contributed by atoms with Gasteiger partial charge in [-0.05, 0) is 5.56 Å². The number of halogens is 2. The molecule has 122 valence electrons. The molecule has 0 radical (unpaired) electrons. The van der Waals surface area contributed by atoms with Gasteiger partial charge in [0.25, 0.3) is 0 Å². The molecule has 0 heterocycles. The van der Waals surface area contributed by atoms with Crippen LogP contribution in [0.2, 0.25) is 0 Å². The molecule has 2 aromatic rings. The van der Waals surface area contributed by atoms with E-state index in [0.717, 1.165) is 6.26 Å². The van der Waals surface area contributed by atoms with Crippen LogP contribution in [0, 0.1) is 0 Å². The molecule has 0 bridgehead atoms. The van der Waals surface area contributed by atoms with Crippen molar-refractivity contribution in [2.75, 3.05) is 6.26 Å². The maximum Gasteiger partial charge on any atom is 0.329 e. The number of Topliss-reactive ketones (excluding diaryl/α,β-unsaturated/α-hetero) is 1. The molecular weight excluding hydrogens is 324 g/mol. The summed E-state index contributed by atoms with van der Waals surface area (Å²) in [5.74, 6) is -5.38. The minimum Gasteiger partial charge on any atom is -0.287 e. The number of sulfonamides is 1. The predicted octanol–water partition coefficient (Wildman–Crippen LogP) is 2.80. The summed E-state index contributed by atoms with van der Waals surface area (Å²) in [6.07, 6.45) is 0.770. The van der Waals surface area contributed by atoms with Crippen molar-refractivity contribution in [2.45, 2.75) is 12.0 Å². The normalized spacial score (nSPS) is 13.5. The quantitative estimate of drug-likeness (QED) is 0.823. The lowest BCUT2D eigenvalue weighted by atomic mass is 9.95. The first kappa shape index (κ1) is 17.2. The van der Waals surface area contributed by atoms with Gasteiger partial charge in [0.2, 0.25) is 15.8 Å². The van der Waals surface area contributed by atoms with E-state index in [9.17, 15) is 22.0 Å². The minimum atomic E-state index is -3.95. The Hall–Kier alpha value is -2.12. The Bertz CT molecular complexity index is 777. The van der Waals surface area contributed by atoms with Crippen LogP contribution in [-0.4, -0.2) is 26.4 Å². The van der Waals surface area contributed by atoms with Crippen molar-refractivity contribution in [1.82, 2.24) is 4.72 Å². The third kappa shape index (κ3) is 4.20. The zero-order valence-electron chi connectivity index (χ0n) is 12.2. The Morgan fingerprint density at radius 1 is 1.00 bits per heavy atom. The topological polar surface area (TPSA) is 63.2 Å². The first-order valence-corrected chi connectivity index (χ1v) is 8.61. The number of hydrogen-bond donors (Lipinski definition) is 1. The molecule has 23 heavy (non-hydrogen) atoms. The van der Waals surface area contributed by atoms with Crippen LogP contribution in [0.4, 0.5) is 8.78 Å². The van der Waals surface area contributed by atoms with Gasteiger partial charge in [-0.15, -0.1) is 0 Å². The van der Waals surface area contributed by atoms with Crippen LogP contribution in [-0.2, 0) is 10.0 Å². The van der Waals surface area contributed by atoms with E-state index in [1.807, 2.05) is 4.72 Å². The van der Waals surface area contributed by atoms with E-state index in [2.05, 4.69) is 0 Å². The molecule has 2 aromatic carbocycles. The second-order valence-corrected chi connectivity index (χ2v) is 6.83. The summed E-state index contributed by atoms with van der Waals surface area (Å²) < 4.78 is 54.2. The maximum absolute atomic E-state index is 14.7. The molecule has 0 aliphatic carbocycles. The number of ketones is 1. The fourth-order valence-corrected chi connectivity index (χ4v) is 2.84. The molecule has 1 unspecified atom stereocenters. The third-order valence-corrected chi connectivity index (χ3v) is 3.83. The Morgan fingerprint density at radius 2 is 1.48 bits per heavy atom. The van der Waals surface area contributed by atoms with Gasteiger partial charge in [-0.25, -0.2) is 13.1 Å². The molecule has 4 nitrogen and oxygen atoms in total. The summed E-state index contributed by atoms with van der Waals surface area (Å²) in [5.41, 5.74) is -0.180. The van der Waals surface area contributed by atoms with Crippen molar-refractivity contribution in [3.05, 3.63) is 71.8 Å². The minimum absolute atomic E-state index is 0.00667. The van der Waals surface area contributed by atoms with Crippen molar-refractivity contribution >= 4 is 15.8 Å². The SMILES string of the molecule is CS(=O)(=O)NC(c1ccccc1)C(F)(F)C(=O)c1ccccc1. The van der Waals surface area contributed by atoms with Crippen LogP contribution in [0.5, 0.6) is 0 Å². The number of carbonyl (C=O) groups is 1. The lowest BCUT2D eigenvalue weighted by Crippen LogP contribution is -2.45. The molecule has 0 saturated carbocycles. The number of hydrogen-bond acceptors (Lipinski definition) is 3. The second-order valence-electron chi connectivity index (χ2n) is 5.05. The highest BCUT2D eigenvalue weighted by molar-refractivity contribution is 7.88. The van der Waals surface area contributed by atoms with Crippen molar-refractivity contribution in [1.29, 1.82) is 0 Å². The van der Waals surface area contributed by atoms with Gasteiger partial charge in [0, 0.05) is 5.56 Å². The summed E-state index contributed by atoms with van der Waals surface area (Å²) in [7, 11) is -3.95. The molecule has 1 N–H and O–H groups in total. The molecule has 0 fully saturated rings. The molecule has 0 aliphatic heterocycles. The van der Waals surface area contributed by atoms with E-state index in [1.54, 1.807) is 12.1 Å². The third-order valence-electron chi connectivity index (χ3n) is 3.17. The largest absolute Gasteiger partial charge is 0.329 e. The molecule has 0 aliphatic rings. The molecule has 1 atom stereocenters. The van der Waals surface area contributed by atoms with Gasteiger partial charge < -0.3 is 0 Å². The van der Waals surface area contributed by atoms with E-state index in [4.69, 9.17) is 0 Å². The maximum atomic E-state index is 14.7. The smallest absolute Gasteiger partial charge is 0.287 e. The van der Waals surface area contributed by atoms with Crippen LogP contribution < -0.4 is 4.72 Å². The summed E-state index contributed by atoms with van der Waals surface area (Å²) >= 11 is 0. The average molecular weight is 339 g/mol. The van der Waals surface area contributed by atoms with Gasteiger partial charge in [-0.2, -0.15) is 8.78 Å². The van der Waals surface area contributed by atoms with Crippen LogP contribution in [0.3, 0.4) is 0 Å². The first-order valence-electron chi connectivity index (χ1n) is 6.72. The standard InChI is InChI=1S/C16H15F2NO3S/c1-23(21,22)19-14(12-8-4-2-5-9-12)16(17,18)15(20)13-10-6-3-7-11-13/h2-11,14,19H,1H3. The highest BCUT2D eigenvalue weighted by Gasteiger charge is 2.49. The van der Waals surface area contributed by atoms with Gasteiger partial charge in [0.15, 0.2) is 0 Å². The van der Waals surface area contributed by atoms with Crippen LogP contribution >= 0.6 is 0 Å². The molecule has 2 rings (SSSR count). The summed E-state index contributed by atoms with van der Waals surface area (Å²) in [5, 5.41) is 0. The van der Waals surface area contributed by atoms with Crippen molar-refractivity contribution < 1.29 is 22.0 Å². The van der Waals surface area contributed by atoms with Gasteiger partial charge >= 0.3 is 5.92 Å². The highest BCUT2D eigenvalue weighted by atomic mass is 32.2. The molecule has 0 saturated heterocycles. The van der Waals surface area contributed by atoms with E-state index in [1.165, 1.54) is 48.5 Å². The summed E-state index contributed by atoms with van der Waals surface area (Å²) in [6.45, 7) is 0. The van der Waals surface area contributed by atoms with E-state index < -0.39 is 27.8 Å². The van der Waals surface area contributed by atoms with E-state index >= 15 is 0 Å². The fourth-order valence-electron chi connectivity index (χ4n) is 2.12. The molecule has 0 spiro atoms. The summed E-state index contributed by atoms with van der Waals surface area (Å²) in [6, 6.07) is 12.4. The van der Waals surface area contributed by atoms with Gasteiger partial charge in [0.1, 0.15) is 6.04 Å². The Kier molecular flexibility index (Phi) is 4.91. The number of benzene rings is 2.